The molecule has 1 aromatic rings. The van der Waals surface area contributed by atoms with E-state index in [0.29, 0.717) is 18.2 Å². The molecule has 106 valence electrons. The van der Waals surface area contributed by atoms with Crippen molar-refractivity contribution in [2.75, 3.05) is 6.54 Å². The van der Waals surface area contributed by atoms with E-state index in [4.69, 9.17) is 4.74 Å². The van der Waals surface area contributed by atoms with Crippen molar-refractivity contribution < 1.29 is 4.74 Å². The molecular formula is C15H25N3O. The first-order valence-electron chi connectivity index (χ1n) is 7.62. The minimum Gasteiger partial charge on any atom is -0.375 e. The zero-order chi connectivity index (χ0) is 13.2. The van der Waals surface area contributed by atoms with Gasteiger partial charge in [0.1, 0.15) is 0 Å². The smallest absolute Gasteiger partial charge is 0.0623 e. The number of hydrogen-bond donors (Lipinski definition) is 1. The summed E-state index contributed by atoms with van der Waals surface area (Å²) in [4.78, 5) is 0. The average molecular weight is 263 g/mol. The van der Waals surface area contributed by atoms with Crippen LogP contribution in [0.3, 0.4) is 0 Å². The van der Waals surface area contributed by atoms with Crippen molar-refractivity contribution in [1.82, 2.24) is 15.1 Å². The fourth-order valence-electron chi connectivity index (χ4n) is 3.75. The third-order valence-electron chi connectivity index (χ3n) is 4.64. The molecule has 0 aromatic carbocycles. The van der Waals surface area contributed by atoms with Crippen LogP contribution in [0.5, 0.6) is 0 Å². The molecular weight excluding hydrogens is 238 g/mol. The molecule has 4 nitrogen and oxygen atoms in total. The van der Waals surface area contributed by atoms with Crippen molar-refractivity contribution in [3.8, 4) is 0 Å². The third-order valence-corrected chi connectivity index (χ3v) is 4.64. The second kappa shape index (κ2) is 5.63. The van der Waals surface area contributed by atoms with Gasteiger partial charge in [-0.15, -0.1) is 0 Å². The van der Waals surface area contributed by atoms with Gasteiger partial charge in [-0.05, 0) is 44.2 Å². The Balaban J connectivity index is 1.58. The Morgan fingerprint density at radius 3 is 3.00 bits per heavy atom. The minimum atomic E-state index is 0.517. The molecule has 2 bridgehead atoms. The number of aryl methyl sites for hydroxylation is 2. The van der Waals surface area contributed by atoms with E-state index in [1.54, 1.807) is 0 Å². The van der Waals surface area contributed by atoms with Gasteiger partial charge < -0.3 is 10.1 Å². The molecule has 2 aliphatic heterocycles. The zero-order valence-corrected chi connectivity index (χ0v) is 12.0. The van der Waals surface area contributed by atoms with Crippen LogP contribution in [-0.4, -0.2) is 34.6 Å². The average Bonchev–Trinajstić information content (AvgIpc) is 3.10. The highest BCUT2D eigenvalue weighted by Gasteiger charge is 2.43. The highest BCUT2D eigenvalue weighted by molar-refractivity contribution is 5.05. The van der Waals surface area contributed by atoms with E-state index >= 15 is 0 Å². The van der Waals surface area contributed by atoms with Gasteiger partial charge in [-0.25, -0.2) is 0 Å². The molecule has 2 saturated heterocycles. The summed E-state index contributed by atoms with van der Waals surface area (Å²) in [6.07, 6.45) is 11.3. The Kier molecular flexibility index (Phi) is 3.89. The van der Waals surface area contributed by atoms with Gasteiger partial charge in [0.2, 0.25) is 0 Å². The molecule has 4 unspecified atom stereocenters. The Bertz CT molecular complexity index is 417. The van der Waals surface area contributed by atoms with Crippen molar-refractivity contribution in [3.63, 3.8) is 0 Å². The highest BCUT2D eigenvalue weighted by Crippen LogP contribution is 2.41. The molecule has 1 N–H and O–H groups in total. The van der Waals surface area contributed by atoms with Gasteiger partial charge in [0, 0.05) is 25.2 Å². The summed E-state index contributed by atoms with van der Waals surface area (Å²) < 4.78 is 7.90. The summed E-state index contributed by atoms with van der Waals surface area (Å²) in [7, 11) is 1.98. The standard InChI is InChI=1S/C15H25N3O/c1-3-16-14(6-4-11-9-17-18(2)10-11)13-8-12-5-7-15(13)19-12/h9-10,12-16H,3-8H2,1-2H3. The molecule has 2 aliphatic rings. The number of aromatic nitrogens is 2. The largest absolute Gasteiger partial charge is 0.375 e. The van der Waals surface area contributed by atoms with E-state index < -0.39 is 0 Å². The van der Waals surface area contributed by atoms with Crippen LogP contribution in [0.25, 0.3) is 0 Å². The van der Waals surface area contributed by atoms with E-state index in [0.717, 1.165) is 18.9 Å². The number of nitrogens with zero attached hydrogens (tertiary/aromatic N) is 2. The van der Waals surface area contributed by atoms with Crippen LogP contribution in [0.1, 0.15) is 38.2 Å². The van der Waals surface area contributed by atoms with Gasteiger partial charge in [0.05, 0.1) is 18.4 Å². The fourth-order valence-corrected chi connectivity index (χ4v) is 3.75. The molecule has 0 spiro atoms. The van der Waals surface area contributed by atoms with Gasteiger partial charge in [0.25, 0.3) is 0 Å². The molecule has 4 atom stereocenters. The Morgan fingerprint density at radius 2 is 2.42 bits per heavy atom. The summed E-state index contributed by atoms with van der Waals surface area (Å²) in [6, 6.07) is 0.598. The van der Waals surface area contributed by atoms with Crippen LogP contribution in [-0.2, 0) is 18.2 Å². The number of nitrogens with one attached hydrogen (secondary N) is 1. The van der Waals surface area contributed by atoms with E-state index in [-0.39, 0.29) is 0 Å². The van der Waals surface area contributed by atoms with E-state index in [1.165, 1.54) is 31.2 Å². The zero-order valence-electron chi connectivity index (χ0n) is 12.0. The summed E-state index contributed by atoms with van der Waals surface area (Å²) in [6.45, 7) is 3.25. The maximum Gasteiger partial charge on any atom is 0.0623 e. The van der Waals surface area contributed by atoms with Crippen LogP contribution in [0.15, 0.2) is 12.4 Å². The maximum absolute atomic E-state index is 6.01. The third kappa shape index (κ3) is 2.84. The first-order chi connectivity index (χ1) is 9.26. The predicted molar refractivity (Wildman–Crippen MR) is 75.0 cm³/mol. The van der Waals surface area contributed by atoms with Crippen LogP contribution in [0.2, 0.25) is 0 Å². The number of rotatable bonds is 6. The number of fused-ring (bicyclic) bond motifs is 2. The molecule has 0 radical (unpaired) electrons. The molecule has 2 fully saturated rings. The summed E-state index contributed by atoms with van der Waals surface area (Å²) in [5.74, 6) is 0.718. The van der Waals surface area contributed by atoms with Crippen molar-refractivity contribution in [1.29, 1.82) is 0 Å². The Labute approximate surface area is 115 Å². The second-order valence-corrected chi connectivity index (χ2v) is 6.00. The lowest BCUT2D eigenvalue weighted by molar-refractivity contribution is 0.0851. The number of ether oxygens (including phenoxy) is 1. The lowest BCUT2D eigenvalue weighted by Gasteiger charge is -2.29. The summed E-state index contributed by atoms with van der Waals surface area (Å²) in [5.41, 5.74) is 1.34. The van der Waals surface area contributed by atoms with Gasteiger partial charge in [0.15, 0.2) is 0 Å². The highest BCUT2D eigenvalue weighted by atomic mass is 16.5. The fraction of sp³-hybridized carbons (Fsp3) is 0.800. The SMILES string of the molecule is CCNC(CCc1cnn(C)c1)C1CC2CCC1O2. The maximum atomic E-state index is 6.01. The van der Waals surface area contributed by atoms with Gasteiger partial charge >= 0.3 is 0 Å². The van der Waals surface area contributed by atoms with Crippen LogP contribution in [0.4, 0.5) is 0 Å². The van der Waals surface area contributed by atoms with E-state index in [9.17, 15) is 0 Å². The van der Waals surface area contributed by atoms with Crippen LogP contribution in [0, 0.1) is 5.92 Å². The molecule has 0 aliphatic carbocycles. The molecule has 1 aromatic heterocycles. The molecule has 3 heterocycles. The topological polar surface area (TPSA) is 39.1 Å². The molecule has 0 amide bonds. The first kappa shape index (κ1) is 13.1. The lowest BCUT2D eigenvalue weighted by atomic mass is 9.82. The summed E-state index contributed by atoms with van der Waals surface area (Å²) >= 11 is 0. The monoisotopic (exact) mass is 263 g/mol. The van der Waals surface area contributed by atoms with Gasteiger partial charge in [-0.3, -0.25) is 4.68 Å². The normalized spacial score (nSPS) is 30.9. The van der Waals surface area contributed by atoms with Gasteiger partial charge in [-0.1, -0.05) is 6.92 Å². The Hall–Kier alpha value is -0.870. The molecule has 19 heavy (non-hydrogen) atoms. The van der Waals surface area contributed by atoms with Crippen molar-refractivity contribution in [2.24, 2.45) is 13.0 Å². The van der Waals surface area contributed by atoms with Crippen molar-refractivity contribution in [2.45, 2.75) is 57.3 Å². The van der Waals surface area contributed by atoms with Crippen LogP contribution < -0.4 is 5.32 Å². The van der Waals surface area contributed by atoms with E-state index in [2.05, 4.69) is 23.5 Å². The van der Waals surface area contributed by atoms with E-state index in [1.807, 2.05) is 17.9 Å². The number of hydrogen-bond acceptors (Lipinski definition) is 3. The molecule has 3 rings (SSSR count). The quantitative estimate of drug-likeness (QED) is 0.852. The first-order valence-corrected chi connectivity index (χ1v) is 7.62. The molecule has 0 saturated carbocycles. The van der Waals surface area contributed by atoms with Crippen molar-refractivity contribution >= 4 is 0 Å². The predicted octanol–water partition coefficient (Wildman–Crippen LogP) is 1.90. The molecule has 4 heteroatoms. The van der Waals surface area contributed by atoms with Gasteiger partial charge in [-0.2, -0.15) is 5.10 Å². The lowest BCUT2D eigenvalue weighted by Crippen LogP contribution is -2.41. The summed E-state index contributed by atoms with van der Waals surface area (Å²) in [5, 5.41) is 7.93. The Morgan fingerprint density at radius 1 is 1.53 bits per heavy atom. The minimum absolute atomic E-state index is 0.517. The van der Waals surface area contributed by atoms with Crippen LogP contribution >= 0.6 is 0 Å². The second-order valence-electron chi connectivity index (χ2n) is 6.00. The van der Waals surface area contributed by atoms with Crippen molar-refractivity contribution in [3.05, 3.63) is 18.0 Å².